The van der Waals surface area contributed by atoms with Gasteiger partial charge in [-0.1, -0.05) is 6.07 Å². The highest BCUT2D eigenvalue weighted by atomic mass is 19.1. The molecule has 0 fully saturated rings. The Kier molecular flexibility index (Phi) is 3.66. The molecular weight excluding hydrogens is 245 g/mol. The van der Waals surface area contributed by atoms with Crippen molar-refractivity contribution in [2.45, 2.75) is 0 Å². The first kappa shape index (κ1) is 12.9. The number of anilines is 3. The number of hydrogen-bond donors (Lipinski definition) is 3. The van der Waals surface area contributed by atoms with Gasteiger partial charge in [0, 0.05) is 18.3 Å². The first-order valence-corrected chi connectivity index (χ1v) is 5.74. The van der Waals surface area contributed by atoms with Crippen LogP contribution in [0.25, 0.3) is 0 Å². The van der Waals surface area contributed by atoms with Gasteiger partial charge in [0.1, 0.15) is 5.82 Å². The van der Waals surface area contributed by atoms with E-state index in [-0.39, 0.29) is 11.7 Å². The topological polar surface area (TPSA) is 67.2 Å². The normalized spacial score (nSPS) is 10.0. The summed E-state index contributed by atoms with van der Waals surface area (Å²) in [5.74, 6) is -0.533. The summed E-state index contributed by atoms with van der Waals surface area (Å²) < 4.78 is 13.1. The lowest BCUT2D eigenvalue weighted by Gasteiger charge is -2.10. The molecule has 0 atom stereocenters. The van der Waals surface area contributed by atoms with Crippen molar-refractivity contribution < 1.29 is 9.18 Å². The SMILES string of the molecule is CNC(=O)c1ccc(Nc2cccc(F)c2)c(N)c1. The third-order valence-electron chi connectivity index (χ3n) is 2.64. The van der Waals surface area contributed by atoms with Crippen LogP contribution in [0.2, 0.25) is 0 Å². The number of carbonyl (C=O) groups is 1. The van der Waals surface area contributed by atoms with Crippen LogP contribution >= 0.6 is 0 Å². The minimum atomic E-state index is -0.328. The molecule has 0 aromatic heterocycles. The number of halogens is 1. The summed E-state index contributed by atoms with van der Waals surface area (Å²) in [6.07, 6.45) is 0. The van der Waals surface area contributed by atoms with Gasteiger partial charge in [-0.05, 0) is 36.4 Å². The van der Waals surface area contributed by atoms with E-state index in [4.69, 9.17) is 5.73 Å². The fourth-order valence-corrected chi connectivity index (χ4v) is 1.68. The third-order valence-corrected chi connectivity index (χ3v) is 2.64. The van der Waals surface area contributed by atoms with Crippen LogP contribution in [0.1, 0.15) is 10.4 Å². The van der Waals surface area contributed by atoms with Crippen molar-refractivity contribution in [2.24, 2.45) is 0 Å². The molecule has 0 saturated heterocycles. The van der Waals surface area contributed by atoms with Crippen LogP contribution in [0, 0.1) is 5.82 Å². The number of rotatable bonds is 3. The Balaban J connectivity index is 2.24. The number of amides is 1. The highest BCUT2D eigenvalue weighted by Gasteiger charge is 2.06. The molecule has 0 saturated carbocycles. The van der Waals surface area contributed by atoms with Crippen LogP contribution in [0.15, 0.2) is 42.5 Å². The summed E-state index contributed by atoms with van der Waals surface area (Å²) in [5, 5.41) is 5.52. The first-order chi connectivity index (χ1) is 9.10. The van der Waals surface area contributed by atoms with E-state index < -0.39 is 0 Å². The molecule has 0 aliphatic heterocycles. The third kappa shape index (κ3) is 3.01. The van der Waals surface area contributed by atoms with E-state index in [1.165, 1.54) is 12.1 Å². The minimum Gasteiger partial charge on any atom is -0.397 e. The number of nitrogen functional groups attached to an aromatic ring is 1. The second kappa shape index (κ2) is 5.39. The van der Waals surface area contributed by atoms with Gasteiger partial charge in [-0.2, -0.15) is 0 Å². The van der Waals surface area contributed by atoms with Gasteiger partial charge in [-0.3, -0.25) is 4.79 Å². The molecule has 0 spiro atoms. The molecule has 0 heterocycles. The fourth-order valence-electron chi connectivity index (χ4n) is 1.68. The van der Waals surface area contributed by atoms with Gasteiger partial charge in [0.2, 0.25) is 0 Å². The largest absolute Gasteiger partial charge is 0.397 e. The van der Waals surface area contributed by atoms with Gasteiger partial charge in [0.25, 0.3) is 5.91 Å². The minimum absolute atomic E-state index is 0.205. The van der Waals surface area contributed by atoms with Gasteiger partial charge in [0.15, 0.2) is 0 Å². The maximum absolute atomic E-state index is 13.1. The lowest BCUT2D eigenvalue weighted by Crippen LogP contribution is -2.17. The van der Waals surface area contributed by atoms with Crippen molar-refractivity contribution >= 4 is 23.0 Å². The number of carbonyl (C=O) groups excluding carboxylic acids is 1. The number of nitrogens with two attached hydrogens (primary N) is 1. The van der Waals surface area contributed by atoms with E-state index in [1.807, 2.05) is 0 Å². The zero-order valence-corrected chi connectivity index (χ0v) is 10.4. The van der Waals surface area contributed by atoms with E-state index in [0.29, 0.717) is 22.6 Å². The molecular formula is C14H14FN3O. The Labute approximate surface area is 110 Å². The van der Waals surface area contributed by atoms with Crippen LogP contribution in [-0.4, -0.2) is 13.0 Å². The van der Waals surface area contributed by atoms with Crippen LogP contribution in [0.4, 0.5) is 21.5 Å². The molecule has 0 aliphatic carbocycles. The van der Waals surface area contributed by atoms with Gasteiger partial charge >= 0.3 is 0 Å². The average molecular weight is 259 g/mol. The lowest BCUT2D eigenvalue weighted by atomic mass is 10.1. The predicted molar refractivity (Wildman–Crippen MR) is 73.9 cm³/mol. The highest BCUT2D eigenvalue weighted by Crippen LogP contribution is 2.24. The smallest absolute Gasteiger partial charge is 0.251 e. The van der Waals surface area contributed by atoms with Crippen LogP contribution in [-0.2, 0) is 0 Å². The molecule has 98 valence electrons. The van der Waals surface area contributed by atoms with Crippen LogP contribution < -0.4 is 16.4 Å². The quantitative estimate of drug-likeness (QED) is 0.742. The Morgan fingerprint density at radius 3 is 2.63 bits per heavy atom. The van der Waals surface area contributed by atoms with E-state index in [1.54, 1.807) is 37.4 Å². The van der Waals surface area contributed by atoms with Crippen LogP contribution in [0.3, 0.4) is 0 Å². The molecule has 2 aromatic carbocycles. The summed E-state index contributed by atoms with van der Waals surface area (Å²) in [4.78, 5) is 11.4. The molecule has 0 unspecified atom stereocenters. The predicted octanol–water partition coefficient (Wildman–Crippen LogP) is 2.51. The van der Waals surface area contributed by atoms with Gasteiger partial charge in [0.05, 0.1) is 11.4 Å². The molecule has 2 rings (SSSR count). The van der Waals surface area contributed by atoms with Crippen molar-refractivity contribution in [3.63, 3.8) is 0 Å². The molecule has 0 bridgehead atoms. The van der Waals surface area contributed by atoms with Gasteiger partial charge in [-0.15, -0.1) is 0 Å². The molecule has 4 N–H and O–H groups in total. The Morgan fingerprint density at radius 2 is 2.00 bits per heavy atom. The van der Waals surface area contributed by atoms with E-state index in [9.17, 15) is 9.18 Å². The second-order valence-corrected chi connectivity index (χ2v) is 4.02. The van der Waals surface area contributed by atoms with Gasteiger partial charge < -0.3 is 16.4 Å². The summed E-state index contributed by atoms with van der Waals surface area (Å²) >= 11 is 0. The van der Waals surface area contributed by atoms with Crippen molar-refractivity contribution in [3.8, 4) is 0 Å². The summed E-state index contributed by atoms with van der Waals surface area (Å²) in [7, 11) is 1.55. The van der Waals surface area contributed by atoms with E-state index in [2.05, 4.69) is 10.6 Å². The number of nitrogens with one attached hydrogen (secondary N) is 2. The monoisotopic (exact) mass is 259 g/mol. The highest BCUT2D eigenvalue weighted by molar-refractivity contribution is 5.96. The molecule has 2 aromatic rings. The van der Waals surface area contributed by atoms with Crippen molar-refractivity contribution in [3.05, 3.63) is 53.8 Å². The first-order valence-electron chi connectivity index (χ1n) is 5.74. The Bertz CT molecular complexity index is 613. The Hall–Kier alpha value is -2.56. The second-order valence-electron chi connectivity index (χ2n) is 4.02. The lowest BCUT2D eigenvalue weighted by molar-refractivity contribution is 0.0963. The molecule has 5 heteroatoms. The fraction of sp³-hybridized carbons (Fsp3) is 0.0714. The molecule has 4 nitrogen and oxygen atoms in total. The van der Waals surface area contributed by atoms with E-state index in [0.717, 1.165) is 0 Å². The maximum Gasteiger partial charge on any atom is 0.251 e. The van der Waals surface area contributed by atoms with Crippen LogP contribution in [0.5, 0.6) is 0 Å². The number of benzene rings is 2. The van der Waals surface area contributed by atoms with Crippen molar-refractivity contribution in [1.82, 2.24) is 5.32 Å². The average Bonchev–Trinajstić information content (AvgIpc) is 2.40. The molecule has 1 amide bonds. The molecule has 19 heavy (non-hydrogen) atoms. The molecule has 0 aliphatic rings. The number of hydrogen-bond acceptors (Lipinski definition) is 3. The standard InChI is InChI=1S/C14H14FN3O/c1-17-14(19)9-5-6-13(12(16)7-9)18-11-4-2-3-10(15)8-11/h2-8,18H,16H2,1H3,(H,17,19). The van der Waals surface area contributed by atoms with Gasteiger partial charge in [-0.25, -0.2) is 4.39 Å². The van der Waals surface area contributed by atoms with Crippen molar-refractivity contribution in [1.29, 1.82) is 0 Å². The maximum atomic E-state index is 13.1. The van der Waals surface area contributed by atoms with E-state index >= 15 is 0 Å². The zero-order valence-electron chi connectivity index (χ0n) is 10.4. The molecule has 0 radical (unpaired) electrons. The van der Waals surface area contributed by atoms with Crippen molar-refractivity contribution in [2.75, 3.05) is 18.1 Å². The zero-order chi connectivity index (χ0) is 13.8. The Morgan fingerprint density at radius 1 is 1.21 bits per heavy atom. The summed E-state index contributed by atoms with van der Waals surface area (Å²) in [5.41, 5.74) is 7.98. The summed E-state index contributed by atoms with van der Waals surface area (Å²) in [6.45, 7) is 0. The summed E-state index contributed by atoms with van der Waals surface area (Å²) in [6, 6.07) is 11.0.